The summed E-state index contributed by atoms with van der Waals surface area (Å²) in [7, 11) is 0. The molecule has 2 aliphatic rings. The van der Waals surface area contributed by atoms with Crippen LogP contribution in [0.15, 0.2) is 21.9 Å². The molecular weight excluding hydrogens is 396 g/mol. The smallest absolute Gasteiger partial charge is 0.327 e. The first-order valence-corrected chi connectivity index (χ1v) is 10.5. The van der Waals surface area contributed by atoms with Gasteiger partial charge in [0.05, 0.1) is 4.88 Å². The van der Waals surface area contributed by atoms with Crippen LogP contribution >= 0.6 is 11.3 Å². The summed E-state index contributed by atoms with van der Waals surface area (Å²) in [6.45, 7) is 3.11. The summed E-state index contributed by atoms with van der Waals surface area (Å²) in [5, 5.41) is 12.6. The molecule has 2 aromatic rings. The van der Waals surface area contributed by atoms with Crippen LogP contribution in [0.1, 0.15) is 51.5 Å². The van der Waals surface area contributed by atoms with Crippen LogP contribution in [0.5, 0.6) is 0 Å². The zero-order valence-electron chi connectivity index (χ0n) is 16.2. The number of carbonyl (C=O) groups excluding carboxylic acids is 3. The maximum Gasteiger partial charge on any atom is 0.327 e. The van der Waals surface area contributed by atoms with Gasteiger partial charge in [0.15, 0.2) is 6.10 Å². The van der Waals surface area contributed by atoms with Gasteiger partial charge in [-0.1, -0.05) is 25.8 Å². The highest BCUT2D eigenvalue weighted by Gasteiger charge is 2.55. The molecule has 0 bridgehead atoms. The zero-order valence-corrected chi connectivity index (χ0v) is 17.0. The van der Waals surface area contributed by atoms with Crippen molar-refractivity contribution in [2.75, 3.05) is 6.54 Å². The molecule has 3 atom stereocenters. The molecule has 3 amide bonds. The average molecular weight is 418 g/mol. The van der Waals surface area contributed by atoms with E-state index >= 15 is 0 Å². The first-order chi connectivity index (χ1) is 13.9. The number of hydrogen-bond donors (Lipinski definition) is 1. The lowest BCUT2D eigenvalue weighted by Gasteiger charge is -2.36. The second-order valence-corrected chi connectivity index (χ2v) is 8.44. The fourth-order valence-electron chi connectivity index (χ4n) is 3.95. The van der Waals surface area contributed by atoms with Crippen molar-refractivity contribution < 1.29 is 23.5 Å². The maximum atomic E-state index is 12.9. The topological polar surface area (TPSA) is 115 Å². The third-order valence-electron chi connectivity index (χ3n) is 5.62. The molecule has 3 unspecified atom stereocenters. The molecule has 1 saturated carbocycles. The van der Waals surface area contributed by atoms with Gasteiger partial charge in [0, 0.05) is 0 Å². The molecule has 2 fully saturated rings. The highest BCUT2D eigenvalue weighted by molar-refractivity contribution is 7.13. The highest BCUT2D eigenvalue weighted by Crippen LogP contribution is 2.38. The molecule has 0 radical (unpaired) electrons. The SMILES string of the molecule is CC(OC(=O)CN1C(=O)NC2(CCCCC2C)C1=O)c1nnc(-c2cccs2)o1. The molecule has 1 N–H and O–H groups in total. The van der Waals surface area contributed by atoms with E-state index in [2.05, 4.69) is 15.5 Å². The minimum Gasteiger partial charge on any atom is -0.451 e. The van der Waals surface area contributed by atoms with E-state index in [1.165, 1.54) is 11.3 Å². The number of urea groups is 1. The first-order valence-electron chi connectivity index (χ1n) is 9.61. The number of esters is 1. The van der Waals surface area contributed by atoms with Crippen LogP contribution in [-0.2, 0) is 14.3 Å². The average Bonchev–Trinajstić information content (AvgIpc) is 3.42. The number of nitrogens with one attached hydrogen (secondary N) is 1. The minimum absolute atomic E-state index is 0.0294. The van der Waals surface area contributed by atoms with Crippen molar-refractivity contribution in [2.45, 2.75) is 51.2 Å². The highest BCUT2D eigenvalue weighted by atomic mass is 32.1. The summed E-state index contributed by atoms with van der Waals surface area (Å²) in [6.07, 6.45) is 2.56. The lowest BCUT2D eigenvalue weighted by molar-refractivity contribution is -0.153. The number of ether oxygens (including phenoxy) is 1. The molecule has 3 heterocycles. The molecule has 2 aromatic heterocycles. The van der Waals surface area contributed by atoms with Gasteiger partial charge in [0.1, 0.15) is 12.1 Å². The summed E-state index contributed by atoms with van der Waals surface area (Å²) in [6, 6.07) is 3.16. The fourth-order valence-corrected chi connectivity index (χ4v) is 4.60. The molecular formula is C19H22N4O5S. The van der Waals surface area contributed by atoms with E-state index in [-0.39, 0.29) is 17.7 Å². The van der Waals surface area contributed by atoms with Crippen LogP contribution < -0.4 is 5.32 Å². The van der Waals surface area contributed by atoms with Crippen LogP contribution in [-0.4, -0.2) is 45.1 Å². The molecule has 1 spiro atoms. The van der Waals surface area contributed by atoms with Crippen molar-refractivity contribution in [3.05, 3.63) is 23.4 Å². The Morgan fingerprint density at radius 1 is 1.45 bits per heavy atom. The zero-order chi connectivity index (χ0) is 20.6. The van der Waals surface area contributed by atoms with E-state index < -0.39 is 30.2 Å². The molecule has 9 nitrogen and oxygen atoms in total. The summed E-state index contributed by atoms with van der Waals surface area (Å²) in [4.78, 5) is 39.4. The van der Waals surface area contributed by atoms with Gasteiger partial charge in [-0.05, 0) is 37.1 Å². The second-order valence-electron chi connectivity index (χ2n) is 7.49. The van der Waals surface area contributed by atoms with E-state index in [0.29, 0.717) is 12.3 Å². The molecule has 154 valence electrons. The Bertz CT molecular complexity index is 927. The van der Waals surface area contributed by atoms with Gasteiger partial charge in [-0.25, -0.2) is 4.79 Å². The Morgan fingerprint density at radius 2 is 2.28 bits per heavy atom. The van der Waals surface area contributed by atoms with E-state index in [9.17, 15) is 14.4 Å². The van der Waals surface area contributed by atoms with Crippen LogP contribution in [0.25, 0.3) is 10.8 Å². The van der Waals surface area contributed by atoms with Crippen LogP contribution in [0.3, 0.4) is 0 Å². The monoisotopic (exact) mass is 418 g/mol. The molecule has 4 rings (SSSR count). The molecule has 10 heteroatoms. The summed E-state index contributed by atoms with van der Waals surface area (Å²) in [5.41, 5.74) is -0.899. The lowest BCUT2D eigenvalue weighted by Crippen LogP contribution is -2.54. The van der Waals surface area contributed by atoms with Gasteiger partial charge in [-0.2, -0.15) is 0 Å². The quantitative estimate of drug-likeness (QED) is 0.586. The number of nitrogens with zero attached hydrogens (tertiary/aromatic N) is 3. The Balaban J connectivity index is 1.39. The van der Waals surface area contributed by atoms with Crippen LogP contribution in [0.4, 0.5) is 4.79 Å². The van der Waals surface area contributed by atoms with Gasteiger partial charge >= 0.3 is 12.0 Å². The molecule has 1 aliphatic carbocycles. The number of hydrogen-bond acceptors (Lipinski definition) is 8. The van der Waals surface area contributed by atoms with Gasteiger partial charge < -0.3 is 14.5 Å². The van der Waals surface area contributed by atoms with Gasteiger partial charge in [0.25, 0.3) is 17.7 Å². The van der Waals surface area contributed by atoms with E-state index in [0.717, 1.165) is 29.0 Å². The molecule has 0 aromatic carbocycles. The molecule has 29 heavy (non-hydrogen) atoms. The Kier molecular flexibility index (Phi) is 5.12. The second kappa shape index (κ2) is 7.58. The summed E-state index contributed by atoms with van der Waals surface area (Å²) >= 11 is 1.45. The number of carbonyl (C=O) groups is 3. The van der Waals surface area contributed by atoms with Crippen molar-refractivity contribution in [1.29, 1.82) is 0 Å². The first kappa shape index (κ1) is 19.6. The van der Waals surface area contributed by atoms with Crippen molar-refractivity contribution in [3.63, 3.8) is 0 Å². The van der Waals surface area contributed by atoms with Crippen LogP contribution in [0, 0.1) is 5.92 Å². The van der Waals surface area contributed by atoms with Crippen molar-refractivity contribution >= 4 is 29.2 Å². The molecule has 1 saturated heterocycles. The van der Waals surface area contributed by atoms with Gasteiger partial charge in [-0.3, -0.25) is 14.5 Å². The van der Waals surface area contributed by atoms with Crippen molar-refractivity contribution in [3.8, 4) is 10.8 Å². The Hall–Kier alpha value is -2.75. The number of imide groups is 1. The van der Waals surface area contributed by atoms with Gasteiger partial charge in [0.2, 0.25) is 0 Å². The van der Waals surface area contributed by atoms with E-state index in [4.69, 9.17) is 9.15 Å². The Morgan fingerprint density at radius 3 is 3.00 bits per heavy atom. The predicted octanol–water partition coefficient (Wildman–Crippen LogP) is 2.90. The standard InChI is InChI=1S/C19H22N4O5S/c1-11-6-3-4-8-19(11)17(25)23(18(26)20-19)10-14(24)27-12(2)15-21-22-16(28-15)13-7-5-9-29-13/h5,7,9,11-12H,3-4,6,8,10H2,1-2H3,(H,20,26). The maximum absolute atomic E-state index is 12.9. The predicted molar refractivity (Wildman–Crippen MR) is 103 cm³/mol. The number of thiophene rings is 1. The van der Waals surface area contributed by atoms with E-state index in [1.54, 1.807) is 6.92 Å². The fraction of sp³-hybridized carbons (Fsp3) is 0.526. The van der Waals surface area contributed by atoms with E-state index in [1.807, 2.05) is 24.4 Å². The normalized spacial score (nSPS) is 25.3. The van der Waals surface area contributed by atoms with Crippen molar-refractivity contribution in [1.82, 2.24) is 20.4 Å². The lowest BCUT2D eigenvalue weighted by atomic mass is 9.73. The van der Waals surface area contributed by atoms with Crippen LogP contribution in [0.2, 0.25) is 0 Å². The third kappa shape index (κ3) is 3.52. The number of aromatic nitrogens is 2. The number of rotatable bonds is 5. The van der Waals surface area contributed by atoms with Crippen molar-refractivity contribution in [2.24, 2.45) is 5.92 Å². The third-order valence-corrected chi connectivity index (χ3v) is 6.48. The van der Waals surface area contributed by atoms with Gasteiger partial charge in [-0.15, -0.1) is 21.5 Å². The Labute approximate surface area is 171 Å². The minimum atomic E-state index is -0.899. The summed E-state index contributed by atoms with van der Waals surface area (Å²) in [5.74, 6) is -0.535. The largest absolute Gasteiger partial charge is 0.451 e. The number of amides is 3. The summed E-state index contributed by atoms with van der Waals surface area (Å²) < 4.78 is 10.9. The molecule has 1 aliphatic heterocycles.